The van der Waals surface area contributed by atoms with Crippen molar-refractivity contribution in [1.29, 1.82) is 0 Å². The highest BCUT2D eigenvalue weighted by atomic mass is 16.5. The lowest BCUT2D eigenvalue weighted by molar-refractivity contribution is 0.0720. The van der Waals surface area contributed by atoms with Gasteiger partial charge in [0.1, 0.15) is 5.76 Å². The summed E-state index contributed by atoms with van der Waals surface area (Å²) < 4.78 is 5.20. The van der Waals surface area contributed by atoms with Gasteiger partial charge in [-0.1, -0.05) is 19.0 Å². The molecule has 0 atom stereocenters. The van der Waals surface area contributed by atoms with Gasteiger partial charge >= 0.3 is 0 Å². The molecule has 3 heterocycles. The molecule has 8 heteroatoms. The summed E-state index contributed by atoms with van der Waals surface area (Å²) in [6, 6.07) is 1.68. The van der Waals surface area contributed by atoms with E-state index in [0.717, 1.165) is 0 Å². The topological polar surface area (TPSA) is 95.3 Å². The Morgan fingerprint density at radius 2 is 2.17 bits per heavy atom. The van der Waals surface area contributed by atoms with E-state index in [-0.39, 0.29) is 17.4 Å². The number of anilines is 1. The Bertz CT molecular complexity index is 821. The van der Waals surface area contributed by atoms with Crippen LogP contribution in [-0.4, -0.2) is 46.6 Å². The molecule has 2 aromatic rings. The van der Waals surface area contributed by atoms with Gasteiger partial charge in [0.05, 0.1) is 12.2 Å². The van der Waals surface area contributed by atoms with E-state index in [1.807, 2.05) is 13.8 Å². The highest BCUT2D eigenvalue weighted by Gasteiger charge is 2.27. The number of H-pyrrole nitrogens is 1. The van der Waals surface area contributed by atoms with Crippen molar-refractivity contribution in [3.8, 4) is 0 Å². The van der Waals surface area contributed by atoms with Crippen LogP contribution in [0.2, 0.25) is 0 Å². The van der Waals surface area contributed by atoms with Gasteiger partial charge in [-0.3, -0.25) is 14.6 Å². The minimum Gasteiger partial charge on any atom is -0.360 e. The van der Waals surface area contributed by atoms with Crippen molar-refractivity contribution in [3.05, 3.63) is 39.1 Å². The average Bonchev–Trinajstić information content (AvgIpc) is 3.03. The quantitative estimate of drug-likeness (QED) is 0.906. The second-order valence-corrected chi connectivity index (χ2v) is 6.46. The van der Waals surface area contributed by atoms with Crippen molar-refractivity contribution >= 4 is 11.9 Å². The number of fused-ring (bicyclic) bond motifs is 1. The number of nitrogens with zero attached hydrogens (tertiary/aromatic N) is 4. The molecule has 0 saturated heterocycles. The standard InChI is InChI=1S/C16H21N5O3/c1-9(2)13-7-11(19-24-13)15(23)21-6-5-10-12(8-21)17-16(20(3)4)18-14(10)22/h7,9H,5-6,8H2,1-4H3,(H,17,18,22). The lowest BCUT2D eigenvalue weighted by Gasteiger charge is -2.27. The number of hydrogen-bond donors (Lipinski definition) is 1. The van der Waals surface area contributed by atoms with Gasteiger partial charge in [-0.05, 0) is 6.42 Å². The Morgan fingerprint density at radius 3 is 2.79 bits per heavy atom. The zero-order valence-electron chi connectivity index (χ0n) is 14.3. The largest absolute Gasteiger partial charge is 0.360 e. The predicted molar refractivity (Wildman–Crippen MR) is 88.2 cm³/mol. The van der Waals surface area contributed by atoms with Crippen molar-refractivity contribution in [2.24, 2.45) is 0 Å². The van der Waals surface area contributed by atoms with Gasteiger partial charge in [0, 0.05) is 38.2 Å². The monoisotopic (exact) mass is 331 g/mol. The number of aromatic nitrogens is 3. The van der Waals surface area contributed by atoms with Gasteiger partial charge in [-0.2, -0.15) is 0 Å². The second kappa shape index (κ2) is 6.10. The molecule has 8 nitrogen and oxygen atoms in total. The van der Waals surface area contributed by atoms with Crippen LogP contribution in [0.1, 0.15) is 47.3 Å². The molecule has 128 valence electrons. The van der Waals surface area contributed by atoms with E-state index in [4.69, 9.17) is 4.52 Å². The molecule has 0 radical (unpaired) electrons. The zero-order valence-corrected chi connectivity index (χ0v) is 14.3. The van der Waals surface area contributed by atoms with Crippen LogP contribution in [-0.2, 0) is 13.0 Å². The summed E-state index contributed by atoms with van der Waals surface area (Å²) in [5, 5.41) is 3.87. The maximum absolute atomic E-state index is 12.6. The molecule has 2 aromatic heterocycles. The van der Waals surface area contributed by atoms with Crippen LogP contribution in [0.4, 0.5) is 5.95 Å². The molecule has 0 spiro atoms. The molecule has 1 aliphatic rings. The first-order chi connectivity index (χ1) is 11.4. The number of nitrogens with one attached hydrogen (secondary N) is 1. The molecule has 0 unspecified atom stereocenters. The minimum absolute atomic E-state index is 0.140. The Morgan fingerprint density at radius 1 is 1.42 bits per heavy atom. The van der Waals surface area contributed by atoms with Crippen molar-refractivity contribution in [2.45, 2.75) is 32.7 Å². The Balaban J connectivity index is 1.86. The molecular formula is C16H21N5O3. The first kappa shape index (κ1) is 16.2. The van der Waals surface area contributed by atoms with E-state index in [2.05, 4.69) is 15.1 Å². The van der Waals surface area contributed by atoms with Crippen LogP contribution in [0.25, 0.3) is 0 Å². The highest BCUT2D eigenvalue weighted by Crippen LogP contribution is 2.20. The number of hydrogen-bond acceptors (Lipinski definition) is 6. The summed E-state index contributed by atoms with van der Waals surface area (Å²) in [5.41, 5.74) is 1.43. The summed E-state index contributed by atoms with van der Waals surface area (Å²) in [4.78, 5) is 35.4. The number of amides is 1. The SMILES string of the molecule is CC(C)c1cc(C(=O)N2CCc3c(nc(N(C)C)[nH]c3=O)C2)no1. The van der Waals surface area contributed by atoms with E-state index >= 15 is 0 Å². The average molecular weight is 331 g/mol. The second-order valence-electron chi connectivity index (χ2n) is 6.46. The summed E-state index contributed by atoms with van der Waals surface area (Å²) in [6.07, 6.45) is 0.478. The number of rotatable bonds is 3. The smallest absolute Gasteiger partial charge is 0.276 e. The summed E-state index contributed by atoms with van der Waals surface area (Å²) in [5.74, 6) is 1.13. The number of carbonyl (C=O) groups excluding carboxylic acids is 1. The lowest BCUT2D eigenvalue weighted by atomic mass is 10.1. The van der Waals surface area contributed by atoms with Crippen LogP contribution >= 0.6 is 0 Å². The number of aromatic amines is 1. The molecule has 24 heavy (non-hydrogen) atoms. The summed E-state index contributed by atoms with van der Waals surface area (Å²) in [6.45, 7) is 4.71. The van der Waals surface area contributed by atoms with Gasteiger partial charge in [-0.15, -0.1) is 0 Å². The van der Waals surface area contributed by atoms with E-state index in [9.17, 15) is 9.59 Å². The van der Waals surface area contributed by atoms with Gasteiger partial charge in [0.25, 0.3) is 11.5 Å². The maximum Gasteiger partial charge on any atom is 0.276 e. The summed E-state index contributed by atoms with van der Waals surface area (Å²) in [7, 11) is 3.61. The fraction of sp³-hybridized carbons (Fsp3) is 0.500. The van der Waals surface area contributed by atoms with E-state index in [0.29, 0.717) is 48.2 Å². The molecule has 0 aliphatic carbocycles. The minimum atomic E-state index is -0.204. The first-order valence-electron chi connectivity index (χ1n) is 7.92. The lowest BCUT2D eigenvalue weighted by Crippen LogP contribution is -2.39. The van der Waals surface area contributed by atoms with Crippen LogP contribution in [0, 0.1) is 0 Å². The van der Waals surface area contributed by atoms with Gasteiger partial charge in [0.15, 0.2) is 5.69 Å². The molecule has 0 saturated carbocycles. The molecule has 0 fully saturated rings. The molecule has 0 bridgehead atoms. The molecule has 3 rings (SSSR count). The van der Waals surface area contributed by atoms with E-state index in [1.54, 1.807) is 30.0 Å². The maximum atomic E-state index is 12.6. The Labute approximate surface area is 139 Å². The zero-order chi connectivity index (χ0) is 17.4. The predicted octanol–water partition coefficient (Wildman–Crippen LogP) is 1.15. The highest BCUT2D eigenvalue weighted by molar-refractivity contribution is 5.92. The van der Waals surface area contributed by atoms with Crippen LogP contribution in [0.3, 0.4) is 0 Å². The molecule has 1 N–H and O–H groups in total. The normalized spacial score (nSPS) is 14.0. The third kappa shape index (κ3) is 2.91. The van der Waals surface area contributed by atoms with E-state index in [1.165, 1.54) is 0 Å². The van der Waals surface area contributed by atoms with Crippen LogP contribution in [0.15, 0.2) is 15.4 Å². The summed E-state index contributed by atoms with van der Waals surface area (Å²) >= 11 is 0. The van der Waals surface area contributed by atoms with Crippen molar-refractivity contribution in [2.75, 3.05) is 25.5 Å². The van der Waals surface area contributed by atoms with Gasteiger partial charge in [0.2, 0.25) is 5.95 Å². The van der Waals surface area contributed by atoms with Gasteiger partial charge < -0.3 is 14.3 Å². The fourth-order valence-electron chi connectivity index (χ4n) is 2.64. The number of carbonyl (C=O) groups is 1. The van der Waals surface area contributed by atoms with Gasteiger partial charge in [-0.25, -0.2) is 4.98 Å². The third-order valence-electron chi connectivity index (χ3n) is 4.09. The fourth-order valence-corrected chi connectivity index (χ4v) is 2.64. The van der Waals surface area contributed by atoms with Crippen molar-refractivity contribution < 1.29 is 9.32 Å². The molecule has 0 aromatic carbocycles. The third-order valence-corrected chi connectivity index (χ3v) is 4.09. The first-order valence-corrected chi connectivity index (χ1v) is 7.92. The van der Waals surface area contributed by atoms with Crippen LogP contribution in [0.5, 0.6) is 0 Å². The van der Waals surface area contributed by atoms with Crippen LogP contribution < -0.4 is 10.5 Å². The molecule has 1 amide bonds. The molecular weight excluding hydrogens is 310 g/mol. The Kier molecular flexibility index (Phi) is 4.13. The van der Waals surface area contributed by atoms with E-state index < -0.39 is 0 Å². The van der Waals surface area contributed by atoms with Crippen molar-refractivity contribution in [1.82, 2.24) is 20.0 Å². The molecule has 1 aliphatic heterocycles. The van der Waals surface area contributed by atoms with Crippen molar-refractivity contribution in [3.63, 3.8) is 0 Å². The Hall–Kier alpha value is -2.64.